The predicted octanol–water partition coefficient (Wildman–Crippen LogP) is 3.30. The van der Waals surface area contributed by atoms with Crippen molar-refractivity contribution in [2.75, 3.05) is 5.73 Å². The van der Waals surface area contributed by atoms with E-state index in [-0.39, 0.29) is 11.2 Å². The summed E-state index contributed by atoms with van der Waals surface area (Å²) in [7, 11) is 15.0. The van der Waals surface area contributed by atoms with Crippen molar-refractivity contribution in [3.8, 4) is 0 Å². The summed E-state index contributed by atoms with van der Waals surface area (Å²) in [5, 5.41) is 10.8. The summed E-state index contributed by atoms with van der Waals surface area (Å²) >= 11 is -0.787. The number of nitrogens with two attached hydrogens (primary N) is 1. The van der Waals surface area contributed by atoms with Gasteiger partial charge in [0.25, 0.3) is 5.69 Å². The normalized spacial score (nSPS) is 9.56. The molecule has 2 aromatic rings. The van der Waals surface area contributed by atoms with Crippen LogP contribution in [0.25, 0.3) is 10.2 Å². The second-order valence-electron chi connectivity index (χ2n) is 2.65. The van der Waals surface area contributed by atoms with Crippen LogP contribution < -0.4 is 5.73 Å². The standard InChI is InChI=1S/C7H5N3O2S.3ClH.H2O.Sb/c8-7-9-5-2-1-4(10(11)12)3-6(5)13-7;;;;;/h1-3H,(H2,8,9);3*1H;1H2;/q;;;;;+3/p-4. The molecule has 0 aliphatic rings. The number of rotatable bonds is 1. The number of nitrogen functional groups attached to an aromatic ring is 1. The molecule has 1 aromatic carbocycles. The molecule has 100 valence electrons. The number of benzene rings is 1. The quantitative estimate of drug-likeness (QED) is 0.416. The number of halogens is 3. The van der Waals surface area contributed by atoms with Crippen molar-refractivity contribution in [3.63, 3.8) is 0 Å². The number of fused-ring (bicyclic) bond motifs is 1. The van der Waals surface area contributed by atoms with E-state index in [1.165, 1.54) is 23.5 Å². The first-order chi connectivity index (χ1) is 7.90. The van der Waals surface area contributed by atoms with Crippen LogP contribution in [-0.4, -0.2) is 32.2 Å². The number of nitro benzene ring substituents is 1. The zero-order chi connectivity index (χ0) is 13.0. The third-order valence-electron chi connectivity index (χ3n) is 1.60. The topological polar surface area (TPSA) is 112 Å². The molecule has 11 heteroatoms. The molecule has 2 rings (SSSR count). The van der Waals surface area contributed by atoms with E-state index >= 15 is 0 Å². The van der Waals surface area contributed by atoms with E-state index in [9.17, 15) is 10.1 Å². The third-order valence-corrected chi connectivity index (χ3v) is 2.45. The molecule has 0 atom stereocenters. The van der Waals surface area contributed by atoms with Gasteiger partial charge in [0.05, 0.1) is 15.1 Å². The predicted molar refractivity (Wildman–Crippen MR) is 75.9 cm³/mol. The average molecular weight is 440 g/mol. The molecule has 1 heterocycles. The molecule has 0 saturated heterocycles. The van der Waals surface area contributed by atoms with Crippen molar-refractivity contribution in [3.05, 3.63) is 28.3 Å². The smallest absolute Gasteiger partial charge is 0.870 e. The van der Waals surface area contributed by atoms with Crippen molar-refractivity contribution in [1.82, 2.24) is 4.98 Å². The van der Waals surface area contributed by atoms with Gasteiger partial charge in [-0.2, -0.15) is 0 Å². The van der Waals surface area contributed by atoms with Gasteiger partial charge in [-0.3, -0.25) is 10.1 Å². The van der Waals surface area contributed by atoms with Crippen molar-refractivity contribution in [1.29, 1.82) is 0 Å². The molecule has 0 aliphatic carbocycles. The molecule has 0 bridgehead atoms. The van der Waals surface area contributed by atoms with Gasteiger partial charge in [0.1, 0.15) is 0 Å². The molecule has 0 aliphatic heterocycles. The number of hydrogen-bond acceptors (Lipinski definition) is 6. The minimum absolute atomic E-state index is 0. The van der Waals surface area contributed by atoms with Crippen LogP contribution >= 0.6 is 37.8 Å². The Morgan fingerprint density at radius 3 is 2.44 bits per heavy atom. The van der Waals surface area contributed by atoms with Crippen LogP contribution in [0.2, 0.25) is 0 Å². The van der Waals surface area contributed by atoms with E-state index in [0.29, 0.717) is 10.6 Å². The van der Waals surface area contributed by atoms with E-state index in [4.69, 9.17) is 32.2 Å². The SMILES string of the molecule is Nc1nc2ccc([N+](=O)[O-])cc2s1.[Cl][Sb]([Cl])[Cl].[OH-]. The van der Waals surface area contributed by atoms with Gasteiger partial charge in [-0.25, -0.2) is 4.98 Å². The maximum absolute atomic E-state index is 10.4. The Morgan fingerprint density at radius 2 is 1.94 bits per heavy atom. The number of nitro groups is 1. The molecule has 0 fully saturated rings. The van der Waals surface area contributed by atoms with E-state index in [2.05, 4.69) is 4.98 Å². The molecule has 0 spiro atoms. The molecule has 18 heavy (non-hydrogen) atoms. The maximum Gasteiger partial charge on any atom is -0.870 e. The van der Waals surface area contributed by atoms with Crippen LogP contribution in [-0.2, 0) is 0 Å². The Hall–Kier alpha value is -0.0418. The van der Waals surface area contributed by atoms with Crippen LogP contribution in [0.3, 0.4) is 0 Å². The number of thiazole rings is 1. The monoisotopic (exact) mass is 438 g/mol. The summed E-state index contributed by atoms with van der Waals surface area (Å²) < 4.78 is 0.742. The molecule has 0 saturated carbocycles. The molecular formula is C7H6Cl3N3O3SSb-. The van der Waals surface area contributed by atoms with Crippen LogP contribution in [0.1, 0.15) is 0 Å². The number of hydrogen-bond donors (Lipinski definition) is 1. The van der Waals surface area contributed by atoms with Crippen molar-refractivity contribution < 1.29 is 10.4 Å². The van der Waals surface area contributed by atoms with Gasteiger partial charge in [-0.15, -0.1) is 0 Å². The largest absolute Gasteiger partial charge is 0.870 e. The van der Waals surface area contributed by atoms with Crippen LogP contribution in [0.15, 0.2) is 18.2 Å². The first-order valence-electron chi connectivity index (χ1n) is 3.98. The zero-order valence-electron chi connectivity index (χ0n) is 8.46. The Bertz CT molecular complexity index is 536. The first kappa shape index (κ1) is 18.0. The van der Waals surface area contributed by atoms with E-state index in [0.717, 1.165) is 4.70 Å². The summed E-state index contributed by atoms with van der Waals surface area (Å²) in [4.78, 5) is 14.0. The fourth-order valence-electron chi connectivity index (χ4n) is 1.04. The number of non-ortho nitro benzene ring substituents is 1. The van der Waals surface area contributed by atoms with Crippen molar-refractivity contribution in [2.45, 2.75) is 0 Å². The van der Waals surface area contributed by atoms with E-state index < -0.39 is 21.7 Å². The second kappa shape index (κ2) is 8.19. The molecular weight excluding hydrogens is 434 g/mol. The minimum atomic E-state index is -2.03. The fourth-order valence-corrected chi connectivity index (χ4v) is 1.81. The van der Waals surface area contributed by atoms with Crippen molar-refractivity contribution >= 4 is 75.6 Å². The molecule has 1 aromatic heterocycles. The van der Waals surface area contributed by atoms with Gasteiger partial charge in [0.2, 0.25) is 0 Å². The number of anilines is 1. The van der Waals surface area contributed by atoms with E-state index in [1.807, 2.05) is 0 Å². The number of nitrogens with zero attached hydrogens (tertiary/aromatic N) is 2. The summed E-state index contributed by atoms with van der Waals surface area (Å²) in [5.41, 5.74) is 6.22. The number of aromatic nitrogens is 1. The first-order valence-corrected chi connectivity index (χ1v) is 14.5. The Kier molecular flexibility index (Phi) is 8.17. The molecule has 3 N–H and O–H groups in total. The minimum Gasteiger partial charge on any atom is -0.870 e. The summed E-state index contributed by atoms with van der Waals surface area (Å²) in [6, 6.07) is 4.49. The van der Waals surface area contributed by atoms with Gasteiger partial charge in [-0.1, -0.05) is 11.3 Å². The fraction of sp³-hybridized carbons (Fsp3) is 0. The van der Waals surface area contributed by atoms with Gasteiger partial charge in [0.15, 0.2) is 5.13 Å². The molecule has 0 unspecified atom stereocenters. The van der Waals surface area contributed by atoms with Gasteiger partial charge < -0.3 is 11.2 Å². The Morgan fingerprint density at radius 1 is 1.39 bits per heavy atom. The van der Waals surface area contributed by atoms with Gasteiger partial charge in [0, 0.05) is 12.1 Å². The average Bonchev–Trinajstić information content (AvgIpc) is 2.55. The zero-order valence-corrected chi connectivity index (χ0v) is 14.1. The van der Waals surface area contributed by atoms with Gasteiger partial charge in [-0.05, 0) is 6.07 Å². The van der Waals surface area contributed by atoms with Crippen molar-refractivity contribution in [2.24, 2.45) is 0 Å². The van der Waals surface area contributed by atoms with E-state index in [1.54, 1.807) is 6.07 Å². The van der Waals surface area contributed by atoms with Crippen LogP contribution in [0.4, 0.5) is 10.8 Å². The summed E-state index contributed by atoms with van der Waals surface area (Å²) in [5.74, 6) is 0. The maximum atomic E-state index is 10.4. The van der Waals surface area contributed by atoms with Gasteiger partial charge >= 0.3 is 43.3 Å². The molecule has 0 radical (unpaired) electrons. The molecule has 0 amide bonds. The van der Waals surface area contributed by atoms with Crippen LogP contribution in [0.5, 0.6) is 0 Å². The Balaban J connectivity index is 0.000000512. The molecule has 6 nitrogen and oxygen atoms in total. The third kappa shape index (κ3) is 5.73. The summed E-state index contributed by atoms with van der Waals surface area (Å²) in [6.07, 6.45) is 0. The summed E-state index contributed by atoms with van der Waals surface area (Å²) in [6.45, 7) is 0. The second-order valence-corrected chi connectivity index (χ2v) is 15.1. The Labute approximate surface area is 124 Å². The van der Waals surface area contributed by atoms with Crippen LogP contribution in [0, 0.1) is 10.1 Å².